The number of amides is 1. The quantitative estimate of drug-likeness (QED) is 0.892. The van der Waals surface area contributed by atoms with Gasteiger partial charge in [0.1, 0.15) is 0 Å². The predicted octanol–water partition coefficient (Wildman–Crippen LogP) is 3.36. The van der Waals surface area contributed by atoms with Gasteiger partial charge in [0.2, 0.25) is 5.91 Å². The molecule has 1 aliphatic carbocycles. The zero-order valence-electron chi connectivity index (χ0n) is 15.2. The third kappa shape index (κ3) is 3.04. The number of H-pyrrole nitrogens is 1. The highest BCUT2D eigenvalue weighted by atomic mass is 32.2. The topological polar surface area (TPSA) is 70.2 Å². The van der Waals surface area contributed by atoms with E-state index in [0.29, 0.717) is 6.54 Å². The van der Waals surface area contributed by atoms with Crippen molar-refractivity contribution >= 4 is 26.6 Å². The lowest BCUT2D eigenvalue weighted by molar-refractivity contribution is -0.133. The average Bonchev–Trinajstić information content (AvgIpc) is 3.29. The molecule has 5 nitrogen and oxygen atoms in total. The van der Waals surface area contributed by atoms with Gasteiger partial charge in [-0.3, -0.25) is 4.79 Å². The molecule has 1 amide bonds. The highest BCUT2D eigenvalue weighted by Gasteiger charge is 2.33. The smallest absolute Gasteiger partial charge is 0.224 e. The van der Waals surface area contributed by atoms with Gasteiger partial charge < -0.3 is 9.88 Å². The number of fused-ring (bicyclic) bond motifs is 3. The minimum Gasteiger partial charge on any atom is -0.356 e. The number of nitrogens with zero attached hydrogens (tertiary/aromatic N) is 1. The maximum atomic E-state index is 12.7. The summed E-state index contributed by atoms with van der Waals surface area (Å²) < 4.78 is 24.9. The first-order chi connectivity index (χ1) is 12.5. The standard InChI is InChI=1S/C20H26N2O3S/c1-14-20-17(16-8-4-5-9-18(16)21-20)10-12-22(14)19(23)11-13-26(24,25)15-6-2-3-7-15/h4-5,8-9,14-15,21H,2-3,6-7,10-13H2,1H3/t14-/m0/s1. The van der Waals surface area contributed by atoms with Gasteiger partial charge in [0.25, 0.3) is 0 Å². The van der Waals surface area contributed by atoms with Crippen molar-refractivity contribution in [2.24, 2.45) is 0 Å². The van der Waals surface area contributed by atoms with E-state index in [1.54, 1.807) is 0 Å². The zero-order valence-corrected chi connectivity index (χ0v) is 16.0. The summed E-state index contributed by atoms with van der Waals surface area (Å²) in [5.74, 6) is -0.0670. The van der Waals surface area contributed by atoms with E-state index in [2.05, 4.69) is 17.1 Å². The first kappa shape index (κ1) is 17.6. The maximum Gasteiger partial charge on any atom is 0.224 e. The van der Waals surface area contributed by atoms with Gasteiger partial charge in [0.05, 0.1) is 17.0 Å². The molecule has 0 bridgehead atoms. The van der Waals surface area contributed by atoms with Crippen LogP contribution in [-0.2, 0) is 21.1 Å². The Hall–Kier alpha value is -1.82. The third-order valence-electron chi connectivity index (χ3n) is 6.07. The number of hydrogen-bond acceptors (Lipinski definition) is 3. The summed E-state index contributed by atoms with van der Waals surface area (Å²) in [7, 11) is -3.15. The Morgan fingerprint density at radius 3 is 2.73 bits per heavy atom. The molecule has 2 aromatic rings. The second-order valence-corrected chi connectivity index (χ2v) is 10.0. The molecule has 4 rings (SSSR count). The number of nitrogens with one attached hydrogen (secondary N) is 1. The van der Waals surface area contributed by atoms with Crippen LogP contribution in [-0.4, -0.2) is 41.8 Å². The molecule has 0 unspecified atom stereocenters. The van der Waals surface area contributed by atoms with Crippen molar-refractivity contribution in [3.63, 3.8) is 0 Å². The van der Waals surface area contributed by atoms with Crippen molar-refractivity contribution in [3.05, 3.63) is 35.5 Å². The number of carbonyl (C=O) groups is 1. The van der Waals surface area contributed by atoms with E-state index in [4.69, 9.17) is 0 Å². The maximum absolute atomic E-state index is 12.7. The van der Waals surface area contributed by atoms with Gasteiger partial charge in [0, 0.05) is 29.6 Å². The van der Waals surface area contributed by atoms with Crippen LogP contribution in [0.25, 0.3) is 10.9 Å². The van der Waals surface area contributed by atoms with E-state index in [1.165, 1.54) is 10.9 Å². The Morgan fingerprint density at radius 1 is 1.23 bits per heavy atom. The lowest BCUT2D eigenvalue weighted by Gasteiger charge is -2.33. The second kappa shape index (κ2) is 6.72. The Labute approximate surface area is 154 Å². The fourth-order valence-electron chi connectivity index (χ4n) is 4.56. The van der Waals surface area contributed by atoms with Crippen LogP contribution in [0.4, 0.5) is 0 Å². The van der Waals surface area contributed by atoms with E-state index in [0.717, 1.165) is 43.3 Å². The summed E-state index contributed by atoms with van der Waals surface area (Å²) in [5, 5.41) is 1.000. The van der Waals surface area contributed by atoms with Gasteiger partial charge in [-0.1, -0.05) is 31.0 Å². The van der Waals surface area contributed by atoms with Gasteiger partial charge in [0.15, 0.2) is 9.84 Å². The number of sulfone groups is 1. The molecule has 1 aromatic heterocycles. The molecule has 2 aliphatic rings. The number of hydrogen-bond donors (Lipinski definition) is 1. The zero-order chi connectivity index (χ0) is 18.3. The highest BCUT2D eigenvalue weighted by molar-refractivity contribution is 7.92. The van der Waals surface area contributed by atoms with E-state index < -0.39 is 9.84 Å². The minimum absolute atomic E-state index is 0.0146. The molecule has 0 spiro atoms. The van der Waals surface area contributed by atoms with E-state index in [9.17, 15) is 13.2 Å². The van der Waals surface area contributed by atoms with Gasteiger partial charge in [-0.15, -0.1) is 0 Å². The molecule has 140 valence electrons. The number of aromatic nitrogens is 1. The molecule has 26 heavy (non-hydrogen) atoms. The number of para-hydroxylation sites is 1. The van der Waals surface area contributed by atoms with Crippen LogP contribution in [0.2, 0.25) is 0 Å². The number of rotatable bonds is 4. The van der Waals surface area contributed by atoms with Gasteiger partial charge in [-0.25, -0.2) is 8.42 Å². The van der Waals surface area contributed by atoms with Crippen LogP contribution in [0.3, 0.4) is 0 Å². The van der Waals surface area contributed by atoms with Crippen LogP contribution in [0.1, 0.15) is 56.3 Å². The first-order valence-corrected chi connectivity index (χ1v) is 11.3. The van der Waals surface area contributed by atoms with Crippen LogP contribution >= 0.6 is 0 Å². The molecular weight excluding hydrogens is 348 g/mol. The molecule has 1 N–H and O–H groups in total. The van der Waals surface area contributed by atoms with Crippen LogP contribution < -0.4 is 0 Å². The Morgan fingerprint density at radius 2 is 1.96 bits per heavy atom. The van der Waals surface area contributed by atoms with Crippen molar-refractivity contribution < 1.29 is 13.2 Å². The Balaban J connectivity index is 1.47. The number of aromatic amines is 1. The predicted molar refractivity (Wildman–Crippen MR) is 103 cm³/mol. The molecular formula is C20H26N2O3S. The van der Waals surface area contributed by atoms with E-state index in [1.807, 2.05) is 24.0 Å². The monoisotopic (exact) mass is 374 g/mol. The largest absolute Gasteiger partial charge is 0.356 e. The lowest BCUT2D eigenvalue weighted by Crippen LogP contribution is -2.39. The molecule has 0 radical (unpaired) electrons. The van der Waals surface area contributed by atoms with Crippen molar-refractivity contribution in [3.8, 4) is 0 Å². The molecule has 1 fully saturated rings. The normalized spacial score (nSPS) is 21.3. The SMILES string of the molecule is C[C@H]1c2[nH]c3ccccc3c2CCN1C(=O)CCS(=O)(=O)C1CCCC1. The van der Waals surface area contributed by atoms with Gasteiger partial charge >= 0.3 is 0 Å². The number of carbonyl (C=O) groups excluding carboxylic acids is 1. The van der Waals surface area contributed by atoms with Crippen LogP contribution in [0.5, 0.6) is 0 Å². The molecule has 1 atom stereocenters. The molecule has 0 saturated heterocycles. The molecule has 2 heterocycles. The second-order valence-electron chi connectivity index (χ2n) is 7.60. The summed E-state index contributed by atoms with van der Waals surface area (Å²) >= 11 is 0. The van der Waals surface area contributed by atoms with Crippen molar-refractivity contribution in [1.82, 2.24) is 9.88 Å². The van der Waals surface area contributed by atoms with Gasteiger partial charge in [-0.2, -0.15) is 0 Å². The average molecular weight is 375 g/mol. The van der Waals surface area contributed by atoms with Crippen LogP contribution in [0.15, 0.2) is 24.3 Å². The summed E-state index contributed by atoms with van der Waals surface area (Å²) in [6.07, 6.45) is 4.40. The minimum atomic E-state index is -3.15. The third-order valence-corrected chi connectivity index (χ3v) is 8.33. The summed E-state index contributed by atoms with van der Waals surface area (Å²) in [6.45, 7) is 2.68. The van der Waals surface area contributed by atoms with Crippen LogP contribution in [0, 0.1) is 0 Å². The van der Waals surface area contributed by atoms with Gasteiger partial charge in [-0.05, 0) is 37.8 Å². The lowest BCUT2D eigenvalue weighted by atomic mass is 9.98. The van der Waals surface area contributed by atoms with E-state index in [-0.39, 0.29) is 29.4 Å². The van der Waals surface area contributed by atoms with Crippen molar-refractivity contribution in [2.45, 2.75) is 56.7 Å². The van der Waals surface area contributed by atoms with Crippen molar-refractivity contribution in [1.29, 1.82) is 0 Å². The molecule has 1 aromatic carbocycles. The fraction of sp³-hybridized carbons (Fsp3) is 0.550. The van der Waals surface area contributed by atoms with Crippen molar-refractivity contribution in [2.75, 3.05) is 12.3 Å². The molecule has 1 aliphatic heterocycles. The Kier molecular flexibility index (Phi) is 4.55. The molecule has 1 saturated carbocycles. The summed E-state index contributed by atoms with van der Waals surface area (Å²) in [4.78, 5) is 18.0. The fourth-order valence-corrected chi connectivity index (χ4v) is 6.40. The van der Waals surface area contributed by atoms with E-state index >= 15 is 0 Å². The number of benzene rings is 1. The summed E-state index contributed by atoms with van der Waals surface area (Å²) in [5.41, 5.74) is 3.47. The molecule has 6 heteroatoms. The Bertz CT molecular complexity index is 926. The highest BCUT2D eigenvalue weighted by Crippen LogP contribution is 2.34. The first-order valence-electron chi connectivity index (χ1n) is 9.58. The summed E-state index contributed by atoms with van der Waals surface area (Å²) in [6, 6.07) is 8.16.